The first-order valence-corrected chi connectivity index (χ1v) is 8.02. The Bertz CT molecular complexity index is 824. The molecule has 1 amide bonds. The van der Waals surface area contributed by atoms with Crippen molar-refractivity contribution in [2.24, 2.45) is 0 Å². The topological polar surface area (TPSA) is 79.8 Å². The van der Waals surface area contributed by atoms with Crippen LogP contribution in [0.25, 0.3) is 0 Å². The van der Waals surface area contributed by atoms with Crippen molar-refractivity contribution in [3.8, 4) is 0 Å². The Morgan fingerprint density at radius 1 is 1.04 bits per heavy atom. The van der Waals surface area contributed by atoms with Crippen molar-refractivity contribution in [2.75, 3.05) is 10.6 Å². The summed E-state index contributed by atoms with van der Waals surface area (Å²) in [5.74, 6) is 0.192. The van der Waals surface area contributed by atoms with Gasteiger partial charge in [-0.15, -0.1) is 0 Å². The number of benzene rings is 1. The van der Waals surface area contributed by atoms with Crippen LogP contribution in [0, 0.1) is 0 Å². The normalized spacial score (nSPS) is 10.2. The van der Waals surface area contributed by atoms with Crippen molar-refractivity contribution in [1.29, 1.82) is 0 Å². The lowest BCUT2D eigenvalue weighted by molar-refractivity contribution is 0.102. The van der Waals surface area contributed by atoms with Gasteiger partial charge in [-0.25, -0.2) is 9.97 Å². The molecule has 3 aromatic rings. The monoisotopic (exact) mass is 383 g/mol. The van der Waals surface area contributed by atoms with Gasteiger partial charge in [0.1, 0.15) is 0 Å². The first-order valence-electron chi connectivity index (χ1n) is 7.23. The summed E-state index contributed by atoms with van der Waals surface area (Å²) in [5.41, 5.74) is 2.11. The van der Waals surface area contributed by atoms with E-state index in [9.17, 15) is 4.79 Å². The molecule has 0 atom stereocenters. The van der Waals surface area contributed by atoms with Crippen LogP contribution in [-0.2, 0) is 6.54 Å². The average molecular weight is 384 g/mol. The highest BCUT2D eigenvalue weighted by Crippen LogP contribution is 2.21. The Morgan fingerprint density at radius 2 is 1.83 bits per heavy atom. The standard InChI is InChI=1S/C17H14BrN5O/c18-14-5-1-2-6-15(14)23-16(24)13-10-21-17(22-11-13)20-9-12-4-3-7-19-8-12/h1-8,10-11H,9H2,(H,23,24)(H,20,21,22). The fourth-order valence-corrected chi connectivity index (χ4v) is 2.36. The van der Waals surface area contributed by atoms with Crippen molar-refractivity contribution >= 4 is 33.5 Å². The first-order chi connectivity index (χ1) is 11.7. The second-order valence-electron chi connectivity index (χ2n) is 4.94. The summed E-state index contributed by atoms with van der Waals surface area (Å²) in [6, 6.07) is 11.2. The Morgan fingerprint density at radius 3 is 2.54 bits per heavy atom. The van der Waals surface area contributed by atoms with Gasteiger partial charge in [0.2, 0.25) is 5.95 Å². The number of anilines is 2. The molecule has 120 valence electrons. The molecule has 3 rings (SSSR count). The Kier molecular flexibility index (Phi) is 5.12. The Labute approximate surface area is 147 Å². The molecule has 0 aliphatic carbocycles. The molecule has 0 aliphatic heterocycles. The summed E-state index contributed by atoms with van der Waals surface area (Å²) in [7, 11) is 0. The molecule has 2 heterocycles. The third kappa shape index (κ3) is 4.14. The number of nitrogens with one attached hydrogen (secondary N) is 2. The zero-order valence-corrected chi connectivity index (χ0v) is 14.2. The lowest BCUT2D eigenvalue weighted by atomic mass is 10.3. The number of pyridine rings is 1. The van der Waals surface area contributed by atoms with Gasteiger partial charge < -0.3 is 10.6 Å². The molecule has 7 heteroatoms. The van der Waals surface area contributed by atoms with Gasteiger partial charge in [-0.05, 0) is 39.7 Å². The van der Waals surface area contributed by atoms with Gasteiger partial charge in [0.15, 0.2) is 0 Å². The molecule has 0 saturated carbocycles. The van der Waals surface area contributed by atoms with Gasteiger partial charge in [-0.3, -0.25) is 9.78 Å². The minimum Gasteiger partial charge on any atom is -0.350 e. The fraction of sp³-hybridized carbons (Fsp3) is 0.0588. The van der Waals surface area contributed by atoms with Crippen LogP contribution in [-0.4, -0.2) is 20.9 Å². The molecule has 0 radical (unpaired) electrons. The van der Waals surface area contributed by atoms with Crippen LogP contribution in [0.5, 0.6) is 0 Å². The summed E-state index contributed by atoms with van der Waals surface area (Å²) in [5, 5.41) is 5.89. The zero-order chi connectivity index (χ0) is 16.8. The summed E-state index contributed by atoms with van der Waals surface area (Å²) < 4.78 is 0.814. The van der Waals surface area contributed by atoms with Gasteiger partial charge in [0.25, 0.3) is 5.91 Å². The maximum Gasteiger partial charge on any atom is 0.258 e. The predicted molar refractivity (Wildman–Crippen MR) is 95.7 cm³/mol. The van der Waals surface area contributed by atoms with Crippen LogP contribution < -0.4 is 10.6 Å². The molecule has 24 heavy (non-hydrogen) atoms. The van der Waals surface area contributed by atoms with E-state index in [1.165, 1.54) is 12.4 Å². The van der Waals surface area contributed by atoms with Gasteiger partial charge in [-0.1, -0.05) is 18.2 Å². The maximum absolute atomic E-state index is 12.2. The smallest absolute Gasteiger partial charge is 0.258 e. The highest BCUT2D eigenvalue weighted by atomic mass is 79.9. The molecular formula is C17H14BrN5O. The number of hydrogen-bond donors (Lipinski definition) is 2. The fourth-order valence-electron chi connectivity index (χ4n) is 1.98. The number of nitrogens with zero attached hydrogens (tertiary/aromatic N) is 3. The number of amides is 1. The van der Waals surface area contributed by atoms with Gasteiger partial charge in [0, 0.05) is 35.8 Å². The quantitative estimate of drug-likeness (QED) is 0.704. The second kappa shape index (κ2) is 7.65. The first kappa shape index (κ1) is 16.1. The summed E-state index contributed by atoms with van der Waals surface area (Å²) in [4.78, 5) is 24.6. The molecule has 1 aromatic carbocycles. The lowest BCUT2D eigenvalue weighted by Gasteiger charge is -2.08. The van der Waals surface area contributed by atoms with Gasteiger partial charge >= 0.3 is 0 Å². The number of aromatic nitrogens is 3. The SMILES string of the molecule is O=C(Nc1ccccc1Br)c1cnc(NCc2cccnc2)nc1. The van der Waals surface area contributed by atoms with E-state index in [4.69, 9.17) is 0 Å². The van der Waals surface area contributed by atoms with E-state index in [-0.39, 0.29) is 5.91 Å². The van der Waals surface area contributed by atoms with Crippen LogP contribution in [0.2, 0.25) is 0 Å². The van der Waals surface area contributed by atoms with E-state index < -0.39 is 0 Å². The maximum atomic E-state index is 12.2. The highest BCUT2D eigenvalue weighted by Gasteiger charge is 2.09. The highest BCUT2D eigenvalue weighted by molar-refractivity contribution is 9.10. The molecule has 0 spiro atoms. The van der Waals surface area contributed by atoms with E-state index in [0.717, 1.165) is 10.0 Å². The number of hydrogen-bond acceptors (Lipinski definition) is 5. The van der Waals surface area contributed by atoms with Crippen molar-refractivity contribution in [2.45, 2.75) is 6.54 Å². The minimum absolute atomic E-state index is 0.263. The van der Waals surface area contributed by atoms with E-state index in [2.05, 4.69) is 41.5 Å². The Hall–Kier alpha value is -2.80. The molecule has 0 unspecified atom stereocenters. The molecule has 2 aromatic heterocycles. The largest absolute Gasteiger partial charge is 0.350 e. The third-order valence-electron chi connectivity index (χ3n) is 3.21. The summed E-state index contributed by atoms with van der Waals surface area (Å²) >= 11 is 3.39. The molecule has 2 N–H and O–H groups in total. The molecule has 0 aliphatic rings. The van der Waals surface area contributed by atoms with Crippen molar-refractivity contribution in [1.82, 2.24) is 15.0 Å². The number of halogens is 1. The lowest BCUT2D eigenvalue weighted by Crippen LogP contribution is -2.13. The van der Waals surface area contributed by atoms with Gasteiger partial charge in [-0.2, -0.15) is 0 Å². The van der Waals surface area contributed by atoms with Crippen LogP contribution in [0.15, 0.2) is 65.7 Å². The van der Waals surface area contributed by atoms with Crippen LogP contribution in [0.4, 0.5) is 11.6 Å². The number of rotatable bonds is 5. The summed E-state index contributed by atoms with van der Waals surface area (Å²) in [6.07, 6.45) is 6.47. The number of carbonyl (C=O) groups is 1. The predicted octanol–water partition coefficient (Wildman–Crippen LogP) is 3.50. The van der Waals surface area contributed by atoms with E-state index in [1.54, 1.807) is 12.4 Å². The number of para-hydroxylation sites is 1. The van der Waals surface area contributed by atoms with Crippen molar-refractivity contribution in [3.05, 3.63) is 76.8 Å². The average Bonchev–Trinajstić information content (AvgIpc) is 2.63. The third-order valence-corrected chi connectivity index (χ3v) is 3.90. The molecular weight excluding hydrogens is 370 g/mol. The van der Waals surface area contributed by atoms with Crippen LogP contribution in [0.3, 0.4) is 0 Å². The molecule has 0 fully saturated rings. The van der Waals surface area contributed by atoms with Crippen molar-refractivity contribution in [3.63, 3.8) is 0 Å². The minimum atomic E-state index is -0.263. The van der Waals surface area contributed by atoms with E-state index >= 15 is 0 Å². The van der Waals surface area contributed by atoms with Crippen molar-refractivity contribution < 1.29 is 4.79 Å². The second-order valence-corrected chi connectivity index (χ2v) is 5.80. The summed E-state index contributed by atoms with van der Waals surface area (Å²) in [6.45, 7) is 0.566. The zero-order valence-electron chi connectivity index (χ0n) is 12.6. The van der Waals surface area contributed by atoms with Crippen LogP contribution >= 0.6 is 15.9 Å². The molecule has 0 bridgehead atoms. The van der Waals surface area contributed by atoms with Crippen LogP contribution in [0.1, 0.15) is 15.9 Å². The Balaban J connectivity index is 1.61. The number of carbonyl (C=O) groups excluding carboxylic acids is 1. The van der Waals surface area contributed by atoms with E-state index in [0.29, 0.717) is 23.7 Å². The molecule has 6 nitrogen and oxygen atoms in total. The molecule has 0 saturated heterocycles. The van der Waals surface area contributed by atoms with E-state index in [1.807, 2.05) is 36.4 Å². The van der Waals surface area contributed by atoms with Gasteiger partial charge in [0.05, 0.1) is 11.3 Å².